The average molecular weight is 282 g/mol. The standard InChI is InChI=1S/C17H14O4/c1-20-10-4-2-9(3-5-10)8-13-11-6-7-12(13)15-14(11)16(18)21-17(15)19/h2-8,11-12,14-15H,1H3/t11-,12-,14+,15+/m0/s1. The maximum atomic E-state index is 11.8. The van der Waals surface area contributed by atoms with Crippen LogP contribution >= 0.6 is 0 Å². The van der Waals surface area contributed by atoms with Gasteiger partial charge in [0.05, 0.1) is 18.9 Å². The van der Waals surface area contributed by atoms with Crippen molar-refractivity contribution in [3.63, 3.8) is 0 Å². The molecule has 4 heteroatoms. The molecule has 4 rings (SSSR count). The van der Waals surface area contributed by atoms with E-state index in [9.17, 15) is 9.59 Å². The van der Waals surface area contributed by atoms with Gasteiger partial charge in [0.1, 0.15) is 5.75 Å². The van der Waals surface area contributed by atoms with Crippen molar-refractivity contribution in [1.82, 2.24) is 0 Å². The molecule has 0 amide bonds. The van der Waals surface area contributed by atoms with E-state index in [1.54, 1.807) is 7.11 Å². The van der Waals surface area contributed by atoms with Gasteiger partial charge >= 0.3 is 11.9 Å². The summed E-state index contributed by atoms with van der Waals surface area (Å²) in [5.41, 5.74) is 2.19. The summed E-state index contributed by atoms with van der Waals surface area (Å²) >= 11 is 0. The molecule has 0 N–H and O–H groups in total. The third-order valence-corrected chi connectivity index (χ3v) is 4.65. The van der Waals surface area contributed by atoms with Crippen molar-refractivity contribution in [1.29, 1.82) is 0 Å². The van der Waals surface area contributed by atoms with Crippen LogP contribution < -0.4 is 4.74 Å². The molecule has 0 unspecified atom stereocenters. The van der Waals surface area contributed by atoms with Crippen LogP contribution in [0.3, 0.4) is 0 Å². The number of carbonyl (C=O) groups is 2. The Labute approximate surface area is 122 Å². The molecular formula is C17H14O4. The lowest BCUT2D eigenvalue weighted by molar-refractivity contribution is -0.154. The predicted octanol–water partition coefficient (Wildman–Crippen LogP) is 2.21. The van der Waals surface area contributed by atoms with Crippen LogP contribution in [0.5, 0.6) is 5.75 Å². The van der Waals surface area contributed by atoms with Crippen molar-refractivity contribution >= 4 is 18.0 Å². The summed E-state index contributed by atoms with van der Waals surface area (Å²) < 4.78 is 9.92. The van der Waals surface area contributed by atoms with Crippen molar-refractivity contribution in [2.45, 2.75) is 0 Å². The Morgan fingerprint density at radius 2 is 1.57 bits per heavy atom. The lowest BCUT2D eigenvalue weighted by Gasteiger charge is -2.11. The monoisotopic (exact) mass is 282 g/mol. The van der Waals surface area contributed by atoms with Gasteiger partial charge in [-0.2, -0.15) is 0 Å². The summed E-state index contributed by atoms with van der Waals surface area (Å²) in [4.78, 5) is 23.6. The SMILES string of the molecule is COc1ccc(C=C2[C@@H]3C=C[C@@H]2[C@H]2C(=O)OC(=O)[C@@H]23)cc1. The molecule has 3 aliphatic rings. The molecule has 21 heavy (non-hydrogen) atoms. The van der Waals surface area contributed by atoms with E-state index in [2.05, 4.69) is 6.08 Å². The fraction of sp³-hybridized carbons (Fsp3) is 0.294. The maximum Gasteiger partial charge on any atom is 0.318 e. The van der Waals surface area contributed by atoms with E-state index in [1.165, 1.54) is 0 Å². The van der Waals surface area contributed by atoms with Crippen LogP contribution in [0.15, 0.2) is 42.0 Å². The van der Waals surface area contributed by atoms with Crippen LogP contribution in [0.4, 0.5) is 0 Å². The summed E-state index contributed by atoms with van der Waals surface area (Å²) in [5.74, 6) is -0.582. The van der Waals surface area contributed by atoms with E-state index in [4.69, 9.17) is 9.47 Å². The molecule has 0 aromatic heterocycles. The van der Waals surface area contributed by atoms with E-state index in [-0.39, 0.29) is 35.6 Å². The van der Waals surface area contributed by atoms with Crippen LogP contribution in [0, 0.1) is 23.7 Å². The third-order valence-electron chi connectivity index (χ3n) is 4.65. The molecule has 1 saturated carbocycles. The molecule has 1 aromatic rings. The summed E-state index contributed by atoms with van der Waals surface area (Å²) in [6.45, 7) is 0. The number of cyclic esters (lactones) is 2. The van der Waals surface area contributed by atoms with Crippen molar-refractivity contribution in [3.05, 3.63) is 47.6 Å². The van der Waals surface area contributed by atoms with Crippen molar-refractivity contribution in [2.75, 3.05) is 7.11 Å². The summed E-state index contributed by atoms with van der Waals surface area (Å²) in [7, 11) is 1.63. The number of benzene rings is 1. The van der Waals surface area contributed by atoms with Crippen LogP contribution in [-0.4, -0.2) is 19.0 Å². The first kappa shape index (κ1) is 12.4. The fourth-order valence-electron chi connectivity index (χ4n) is 3.69. The average Bonchev–Trinajstić information content (AvgIpc) is 3.12. The first-order chi connectivity index (χ1) is 10.2. The fourth-order valence-corrected chi connectivity index (χ4v) is 3.69. The predicted molar refractivity (Wildman–Crippen MR) is 75.2 cm³/mol. The zero-order valence-corrected chi connectivity index (χ0v) is 11.5. The van der Waals surface area contributed by atoms with E-state index < -0.39 is 0 Å². The molecule has 1 saturated heterocycles. The number of methoxy groups -OCH3 is 1. The Morgan fingerprint density at radius 3 is 2.10 bits per heavy atom. The highest BCUT2D eigenvalue weighted by Crippen LogP contribution is 2.55. The van der Waals surface area contributed by atoms with Gasteiger partial charge in [-0.05, 0) is 17.7 Å². The Bertz CT molecular complexity index is 651. The Morgan fingerprint density at radius 1 is 1.00 bits per heavy atom. The van der Waals surface area contributed by atoms with Gasteiger partial charge in [0.25, 0.3) is 0 Å². The van der Waals surface area contributed by atoms with E-state index in [0.29, 0.717) is 0 Å². The minimum atomic E-state index is -0.373. The molecule has 1 heterocycles. The van der Waals surface area contributed by atoms with Gasteiger partial charge < -0.3 is 9.47 Å². The zero-order valence-electron chi connectivity index (χ0n) is 11.5. The van der Waals surface area contributed by atoms with Gasteiger partial charge in [0, 0.05) is 11.8 Å². The molecule has 2 aliphatic carbocycles. The number of fused-ring (bicyclic) bond motifs is 5. The molecule has 1 aromatic carbocycles. The number of rotatable bonds is 2. The van der Waals surface area contributed by atoms with Gasteiger partial charge in [0.15, 0.2) is 0 Å². The topological polar surface area (TPSA) is 52.6 Å². The molecule has 106 valence electrons. The molecular weight excluding hydrogens is 268 g/mol. The number of hydrogen-bond acceptors (Lipinski definition) is 4. The highest BCUT2D eigenvalue weighted by Gasteiger charge is 2.60. The quantitative estimate of drug-likeness (QED) is 0.474. The third kappa shape index (κ3) is 1.68. The normalized spacial score (nSPS) is 32.3. The molecule has 1 aliphatic heterocycles. The Balaban J connectivity index is 1.69. The molecule has 4 nitrogen and oxygen atoms in total. The van der Waals surface area contributed by atoms with Crippen molar-refractivity contribution in [3.8, 4) is 5.75 Å². The minimum absolute atomic E-state index is 0.000974. The van der Waals surface area contributed by atoms with Gasteiger partial charge in [-0.3, -0.25) is 9.59 Å². The minimum Gasteiger partial charge on any atom is -0.497 e. The largest absolute Gasteiger partial charge is 0.497 e. The van der Waals surface area contributed by atoms with Crippen LogP contribution in [0.2, 0.25) is 0 Å². The Kier molecular flexibility index (Phi) is 2.55. The molecule has 2 fully saturated rings. The molecule has 0 spiro atoms. The number of allylic oxidation sites excluding steroid dienone is 3. The van der Waals surface area contributed by atoms with Gasteiger partial charge in [-0.15, -0.1) is 0 Å². The van der Waals surface area contributed by atoms with Crippen LogP contribution in [-0.2, 0) is 14.3 Å². The van der Waals surface area contributed by atoms with Gasteiger partial charge in [0.2, 0.25) is 0 Å². The van der Waals surface area contributed by atoms with E-state index >= 15 is 0 Å². The first-order valence-electron chi connectivity index (χ1n) is 6.98. The maximum absolute atomic E-state index is 11.8. The smallest absolute Gasteiger partial charge is 0.318 e. The summed E-state index contributed by atoms with van der Waals surface area (Å²) in [6, 6.07) is 7.74. The number of esters is 2. The van der Waals surface area contributed by atoms with Crippen LogP contribution in [0.1, 0.15) is 5.56 Å². The lowest BCUT2D eigenvalue weighted by atomic mass is 9.85. The van der Waals surface area contributed by atoms with E-state index in [1.807, 2.05) is 36.4 Å². The highest BCUT2D eigenvalue weighted by molar-refractivity contribution is 5.99. The van der Waals surface area contributed by atoms with E-state index in [0.717, 1.165) is 16.9 Å². The first-order valence-corrected chi connectivity index (χ1v) is 6.98. The molecule has 0 radical (unpaired) electrons. The summed E-state index contributed by atoms with van der Waals surface area (Å²) in [6.07, 6.45) is 6.13. The number of hydrogen-bond donors (Lipinski definition) is 0. The second-order valence-electron chi connectivity index (χ2n) is 5.65. The highest BCUT2D eigenvalue weighted by atomic mass is 16.6. The zero-order chi connectivity index (χ0) is 14.6. The second kappa shape index (κ2) is 4.32. The molecule has 2 bridgehead atoms. The Hall–Kier alpha value is -2.36. The van der Waals surface area contributed by atoms with Gasteiger partial charge in [-0.1, -0.05) is 35.9 Å². The van der Waals surface area contributed by atoms with Crippen molar-refractivity contribution < 1.29 is 19.1 Å². The van der Waals surface area contributed by atoms with Crippen molar-refractivity contribution in [2.24, 2.45) is 23.7 Å². The second-order valence-corrected chi connectivity index (χ2v) is 5.65. The number of carbonyl (C=O) groups excluding carboxylic acids is 2. The van der Waals surface area contributed by atoms with Crippen LogP contribution in [0.25, 0.3) is 6.08 Å². The molecule has 4 atom stereocenters. The van der Waals surface area contributed by atoms with Gasteiger partial charge in [-0.25, -0.2) is 0 Å². The summed E-state index contributed by atoms with van der Waals surface area (Å²) in [5, 5.41) is 0. The lowest BCUT2D eigenvalue weighted by Crippen LogP contribution is -2.21. The number of ether oxygens (including phenoxy) is 2.